The number of ether oxygens (including phenoxy) is 1. The van der Waals surface area contributed by atoms with Crippen molar-refractivity contribution >= 4 is 39.4 Å². The van der Waals surface area contributed by atoms with Gasteiger partial charge in [0.1, 0.15) is 5.75 Å². The third-order valence-corrected chi connectivity index (χ3v) is 3.76. The SMILES string of the molecule is O=C(C=Cc1cccc(Cl)c1)c1ccc(OCCCBr)cc1. The topological polar surface area (TPSA) is 26.3 Å². The molecule has 0 atom stereocenters. The van der Waals surface area contributed by atoms with E-state index >= 15 is 0 Å². The molecule has 0 aliphatic rings. The van der Waals surface area contributed by atoms with Crippen LogP contribution in [0.2, 0.25) is 5.02 Å². The minimum Gasteiger partial charge on any atom is -0.494 e. The lowest BCUT2D eigenvalue weighted by atomic mass is 10.1. The van der Waals surface area contributed by atoms with Gasteiger partial charge in [-0.25, -0.2) is 0 Å². The van der Waals surface area contributed by atoms with Gasteiger partial charge < -0.3 is 4.74 Å². The molecule has 0 spiro atoms. The molecule has 0 bridgehead atoms. The molecule has 0 saturated heterocycles. The summed E-state index contributed by atoms with van der Waals surface area (Å²) in [4.78, 5) is 12.1. The van der Waals surface area contributed by atoms with E-state index in [0.717, 1.165) is 23.1 Å². The highest BCUT2D eigenvalue weighted by Gasteiger charge is 2.02. The van der Waals surface area contributed by atoms with Gasteiger partial charge in [0.25, 0.3) is 0 Å². The molecule has 0 radical (unpaired) electrons. The Hall–Kier alpha value is -1.58. The van der Waals surface area contributed by atoms with Crippen LogP contribution in [0.5, 0.6) is 5.75 Å². The molecule has 4 heteroatoms. The zero-order valence-corrected chi connectivity index (χ0v) is 14.3. The molecule has 0 fully saturated rings. The average molecular weight is 380 g/mol. The fourth-order valence-corrected chi connectivity index (χ4v) is 2.27. The van der Waals surface area contributed by atoms with E-state index in [1.165, 1.54) is 0 Å². The van der Waals surface area contributed by atoms with Gasteiger partial charge in [-0.05, 0) is 54.5 Å². The quantitative estimate of drug-likeness (QED) is 0.279. The van der Waals surface area contributed by atoms with Crippen LogP contribution in [0.25, 0.3) is 6.08 Å². The first-order valence-electron chi connectivity index (χ1n) is 6.96. The highest BCUT2D eigenvalue weighted by molar-refractivity contribution is 9.09. The zero-order chi connectivity index (χ0) is 15.8. The second-order valence-corrected chi connectivity index (χ2v) is 5.90. The van der Waals surface area contributed by atoms with Crippen LogP contribution >= 0.6 is 27.5 Å². The molecule has 0 saturated carbocycles. The van der Waals surface area contributed by atoms with Gasteiger partial charge >= 0.3 is 0 Å². The van der Waals surface area contributed by atoms with Gasteiger partial charge in [0.2, 0.25) is 0 Å². The number of alkyl halides is 1. The summed E-state index contributed by atoms with van der Waals surface area (Å²) in [6, 6.07) is 14.5. The lowest BCUT2D eigenvalue weighted by molar-refractivity contribution is 0.104. The summed E-state index contributed by atoms with van der Waals surface area (Å²) >= 11 is 9.27. The molecule has 2 aromatic carbocycles. The van der Waals surface area contributed by atoms with Crippen molar-refractivity contribution in [1.29, 1.82) is 0 Å². The van der Waals surface area contributed by atoms with E-state index < -0.39 is 0 Å². The summed E-state index contributed by atoms with van der Waals surface area (Å²) < 4.78 is 5.55. The van der Waals surface area contributed by atoms with Crippen molar-refractivity contribution in [3.8, 4) is 5.75 Å². The van der Waals surface area contributed by atoms with Gasteiger partial charge in [-0.3, -0.25) is 4.79 Å². The van der Waals surface area contributed by atoms with Crippen molar-refractivity contribution in [3.63, 3.8) is 0 Å². The summed E-state index contributed by atoms with van der Waals surface area (Å²) in [5.74, 6) is 0.725. The average Bonchev–Trinajstić information content (AvgIpc) is 2.54. The number of carbonyl (C=O) groups is 1. The number of hydrogen-bond donors (Lipinski definition) is 0. The molecule has 2 nitrogen and oxygen atoms in total. The van der Waals surface area contributed by atoms with Crippen molar-refractivity contribution < 1.29 is 9.53 Å². The molecule has 0 unspecified atom stereocenters. The maximum atomic E-state index is 12.1. The van der Waals surface area contributed by atoms with E-state index in [0.29, 0.717) is 17.2 Å². The molecular formula is C18H16BrClO2. The Morgan fingerprint density at radius 1 is 1.18 bits per heavy atom. The first kappa shape index (κ1) is 16.8. The molecular weight excluding hydrogens is 364 g/mol. The van der Waals surface area contributed by atoms with Gasteiger partial charge in [0, 0.05) is 15.9 Å². The predicted molar refractivity (Wildman–Crippen MR) is 95.2 cm³/mol. The smallest absolute Gasteiger partial charge is 0.185 e. The van der Waals surface area contributed by atoms with Crippen LogP contribution in [-0.2, 0) is 0 Å². The summed E-state index contributed by atoms with van der Waals surface area (Å²) in [6.07, 6.45) is 4.25. The number of ketones is 1. The molecule has 0 aromatic heterocycles. The summed E-state index contributed by atoms with van der Waals surface area (Å²) in [5.41, 5.74) is 1.53. The lowest BCUT2D eigenvalue weighted by Crippen LogP contribution is -1.99. The highest BCUT2D eigenvalue weighted by Crippen LogP contribution is 2.15. The van der Waals surface area contributed by atoms with Crippen LogP contribution in [0.15, 0.2) is 54.6 Å². The van der Waals surface area contributed by atoms with Crippen LogP contribution in [0.3, 0.4) is 0 Å². The molecule has 22 heavy (non-hydrogen) atoms. The van der Waals surface area contributed by atoms with Crippen LogP contribution in [0.4, 0.5) is 0 Å². The standard InChI is InChI=1S/C18H16BrClO2/c19-11-2-12-22-17-8-6-15(7-9-17)18(21)10-5-14-3-1-4-16(20)13-14/h1,3-10,13H,2,11-12H2. The third kappa shape index (κ3) is 5.32. The number of allylic oxidation sites excluding steroid dienone is 1. The summed E-state index contributed by atoms with van der Waals surface area (Å²) in [7, 11) is 0. The fourth-order valence-electron chi connectivity index (χ4n) is 1.84. The largest absolute Gasteiger partial charge is 0.494 e. The van der Waals surface area contributed by atoms with Gasteiger partial charge in [-0.1, -0.05) is 45.7 Å². The van der Waals surface area contributed by atoms with Crippen LogP contribution in [0.1, 0.15) is 22.3 Å². The van der Waals surface area contributed by atoms with Crippen LogP contribution < -0.4 is 4.74 Å². The van der Waals surface area contributed by atoms with Crippen molar-refractivity contribution in [2.45, 2.75) is 6.42 Å². The van der Waals surface area contributed by atoms with Gasteiger partial charge in [0.15, 0.2) is 5.78 Å². The Morgan fingerprint density at radius 2 is 1.95 bits per heavy atom. The predicted octanol–water partition coefficient (Wildman–Crippen LogP) is 5.40. The number of hydrogen-bond acceptors (Lipinski definition) is 2. The van der Waals surface area contributed by atoms with Gasteiger partial charge in [-0.2, -0.15) is 0 Å². The van der Waals surface area contributed by atoms with Gasteiger partial charge in [-0.15, -0.1) is 0 Å². The van der Waals surface area contributed by atoms with Gasteiger partial charge in [0.05, 0.1) is 6.61 Å². The Morgan fingerprint density at radius 3 is 2.64 bits per heavy atom. The molecule has 0 amide bonds. The van der Waals surface area contributed by atoms with E-state index in [-0.39, 0.29) is 5.78 Å². The maximum Gasteiger partial charge on any atom is 0.185 e. The molecule has 2 rings (SSSR count). The molecule has 2 aromatic rings. The Kier molecular flexibility index (Phi) is 6.69. The Balaban J connectivity index is 1.97. The normalized spacial score (nSPS) is 10.8. The summed E-state index contributed by atoms with van der Waals surface area (Å²) in [5, 5.41) is 1.57. The molecule has 0 aliphatic carbocycles. The molecule has 0 N–H and O–H groups in total. The van der Waals surface area contributed by atoms with E-state index in [9.17, 15) is 4.79 Å². The molecule has 114 valence electrons. The fraction of sp³-hybridized carbons (Fsp3) is 0.167. The molecule has 0 aliphatic heterocycles. The minimum absolute atomic E-state index is 0.0491. The highest BCUT2D eigenvalue weighted by atomic mass is 79.9. The van der Waals surface area contributed by atoms with Crippen LogP contribution in [0, 0.1) is 0 Å². The zero-order valence-electron chi connectivity index (χ0n) is 12.0. The monoisotopic (exact) mass is 378 g/mol. The first-order valence-corrected chi connectivity index (χ1v) is 8.46. The second kappa shape index (κ2) is 8.76. The maximum absolute atomic E-state index is 12.1. The Bertz CT molecular complexity index is 650. The molecule has 0 heterocycles. The number of halogens is 2. The summed E-state index contributed by atoms with van der Waals surface area (Å²) in [6.45, 7) is 0.660. The van der Waals surface area contributed by atoms with E-state index in [2.05, 4.69) is 15.9 Å². The Labute approximate surface area is 143 Å². The van der Waals surface area contributed by atoms with E-state index in [1.807, 2.05) is 30.3 Å². The number of benzene rings is 2. The number of rotatable bonds is 7. The minimum atomic E-state index is -0.0491. The number of carbonyl (C=O) groups excluding carboxylic acids is 1. The van der Waals surface area contributed by atoms with Crippen molar-refractivity contribution in [3.05, 3.63) is 70.8 Å². The van der Waals surface area contributed by atoms with Crippen molar-refractivity contribution in [1.82, 2.24) is 0 Å². The van der Waals surface area contributed by atoms with Crippen molar-refractivity contribution in [2.24, 2.45) is 0 Å². The third-order valence-electron chi connectivity index (χ3n) is 2.96. The van der Waals surface area contributed by atoms with Crippen LogP contribution in [-0.4, -0.2) is 17.7 Å². The lowest BCUT2D eigenvalue weighted by Gasteiger charge is -2.05. The van der Waals surface area contributed by atoms with Crippen molar-refractivity contribution in [2.75, 3.05) is 11.9 Å². The second-order valence-electron chi connectivity index (χ2n) is 4.67. The first-order chi connectivity index (χ1) is 10.7. The van der Waals surface area contributed by atoms with E-state index in [1.54, 1.807) is 30.4 Å². The van der Waals surface area contributed by atoms with E-state index in [4.69, 9.17) is 16.3 Å².